The molecule has 0 rings (SSSR count). The van der Waals surface area contributed by atoms with E-state index in [1.165, 1.54) is 0 Å². The summed E-state index contributed by atoms with van der Waals surface area (Å²) in [4.78, 5) is 0. The molecule has 3 atom stereocenters. The van der Waals surface area contributed by atoms with E-state index in [9.17, 15) is 52.7 Å². The lowest BCUT2D eigenvalue weighted by atomic mass is 10.2. The lowest BCUT2D eigenvalue weighted by molar-refractivity contribution is -0.446. The van der Waals surface area contributed by atoms with Gasteiger partial charge in [0.15, 0.2) is 0 Å². The van der Waals surface area contributed by atoms with Crippen molar-refractivity contribution >= 4 is 0 Å². The van der Waals surface area contributed by atoms with Crippen LogP contribution < -0.4 is 0 Å². The molecule has 0 radical (unpaired) electrons. The van der Waals surface area contributed by atoms with E-state index in [4.69, 9.17) is 9.47 Å². The van der Waals surface area contributed by atoms with E-state index in [1.807, 2.05) is 0 Å². The molecule has 0 aromatic heterocycles. The molecular weight excluding hydrogens is 508 g/mol. The van der Waals surface area contributed by atoms with Gasteiger partial charge in [-0.25, -0.2) is 8.78 Å². The number of hydrogen-bond acceptors (Lipinski definition) is 4. The Balaban J connectivity index is 0. The highest BCUT2D eigenvalue weighted by atomic mass is 19.4. The number of halogens is 12. The Kier molecular flexibility index (Phi) is 14.4. The molecule has 208 valence electrons. The van der Waals surface area contributed by atoms with E-state index in [2.05, 4.69) is 23.3 Å². The monoisotopic (exact) mass is 536 g/mol. The quantitative estimate of drug-likeness (QED) is 0.188. The average molecular weight is 536 g/mol. The largest absolute Gasteiger partial charge is 0.450 e. The van der Waals surface area contributed by atoms with Crippen LogP contribution in [0.25, 0.3) is 0 Å². The van der Waals surface area contributed by atoms with Crippen LogP contribution in [0, 0.1) is 0 Å². The summed E-state index contributed by atoms with van der Waals surface area (Å²) in [5, 5.41) is 0. The Hall–Kier alpha value is -1.00. The molecule has 0 aliphatic rings. The fraction of sp³-hybridized carbons (Fsp3) is 1.00. The molecule has 0 saturated heterocycles. The van der Waals surface area contributed by atoms with Gasteiger partial charge in [0.05, 0.1) is 0 Å². The number of rotatable bonds is 13. The van der Waals surface area contributed by atoms with Crippen molar-refractivity contribution in [1.82, 2.24) is 0 Å². The van der Waals surface area contributed by atoms with Crippen LogP contribution in [0.1, 0.15) is 47.0 Å². The van der Waals surface area contributed by atoms with Gasteiger partial charge in [0, 0.05) is 40.3 Å². The molecule has 0 fully saturated rings. The van der Waals surface area contributed by atoms with Crippen LogP contribution in [0.2, 0.25) is 0 Å². The average Bonchev–Trinajstić information content (AvgIpc) is 2.63. The molecule has 0 aliphatic heterocycles. The fourth-order valence-corrected chi connectivity index (χ4v) is 1.60. The van der Waals surface area contributed by atoms with Crippen LogP contribution in [0.15, 0.2) is 0 Å². The van der Waals surface area contributed by atoms with Gasteiger partial charge in [0.25, 0.3) is 0 Å². The minimum Gasteiger partial charge on any atom is -0.381 e. The first-order valence-corrected chi connectivity index (χ1v) is 9.84. The van der Waals surface area contributed by atoms with Crippen LogP contribution in [0.4, 0.5) is 52.7 Å². The van der Waals surface area contributed by atoms with Crippen molar-refractivity contribution in [3.63, 3.8) is 0 Å². The van der Waals surface area contributed by atoms with E-state index in [1.54, 1.807) is 0 Å². The van der Waals surface area contributed by atoms with E-state index in [-0.39, 0.29) is 0 Å². The first-order chi connectivity index (χ1) is 15.1. The molecular formula is C18H28F12O4. The van der Waals surface area contributed by atoms with E-state index in [0.29, 0.717) is 0 Å². The maximum atomic E-state index is 13.5. The first kappa shape index (κ1) is 35.2. The Labute approximate surface area is 188 Å². The molecule has 0 aliphatic carbocycles. The van der Waals surface area contributed by atoms with Gasteiger partial charge in [-0.15, -0.1) is 0 Å². The van der Waals surface area contributed by atoms with Crippen LogP contribution >= 0.6 is 0 Å². The Bertz CT molecular complexity index is 539. The molecule has 0 aromatic rings. The first-order valence-electron chi connectivity index (χ1n) is 9.84. The van der Waals surface area contributed by atoms with Crippen molar-refractivity contribution in [1.29, 1.82) is 0 Å². The zero-order chi connectivity index (χ0) is 27.5. The predicted octanol–water partition coefficient (Wildman–Crippen LogP) is 6.97. The van der Waals surface area contributed by atoms with Gasteiger partial charge in [-0.1, -0.05) is 13.8 Å². The molecule has 0 amide bonds. The topological polar surface area (TPSA) is 36.9 Å². The summed E-state index contributed by atoms with van der Waals surface area (Å²) >= 11 is 0. The minimum absolute atomic E-state index is 0.470. The summed E-state index contributed by atoms with van der Waals surface area (Å²) in [6.45, 7) is 3.52. The molecule has 0 saturated carbocycles. The van der Waals surface area contributed by atoms with Gasteiger partial charge >= 0.3 is 36.1 Å². The third kappa shape index (κ3) is 12.6. The van der Waals surface area contributed by atoms with Gasteiger partial charge in [0.2, 0.25) is 0 Å². The number of ether oxygens (including phenoxy) is 4. The smallest absolute Gasteiger partial charge is 0.381 e. The molecule has 0 N–H and O–H groups in total. The summed E-state index contributed by atoms with van der Waals surface area (Å²) in [5.41, 5.74) is 0. The molecule has 0 aromatic carbocycles. The van der Waals surface area contributed by atoms with Crippen molar-refractivity contribution in [2.24, 2.45) is 0 Å². The van der Waals surface area contributed by atoms with Crippen molar-refractivity contribution < 1.29 is 71.6 Å². The zero-order valence-corrected chi connectivity index (χ0v) is 18.8. The highest BCUT2D eigenvalue weighted by Crippen LogP contribution is 2.45. The van der Waals surface area contributed by atoms with Gasteiger partial charge in [0.1, 0.15) is 6.61 Å². The second-order valence-electron chi connectivity index (χ2n) is 7.02. The SMILES string of the molecule is CC(F)(OCC(F)(OC(C)(F)C(F)(F)F)C(F)(F)F)C(F)(F)F.CCCOCCCOCCC. The van der Waals surface area contributed by atoms with Gasteiger partial charge in [-0.2, -0.15) is 43.9 Å². The maximum absolute atomic E-state index is 13.5. The normalized spacial score (nSPS) is 18.4. The summed E-state index contributed by atoms with van der Waals surface area (Å²) < 4.78 is 165. The Morgan fingerprint density at radius 1 is 0.529 bits per heavy atom. The lowest BCUT2D eigenvalue weighted by Crippen LogP contribution is -2.57. The van der Waals surface area contributed by atoms with Crippen LogP contribution in [-0.2, 0) is 18.9 Å². The number of hydrogen-bond donors (Lipinski definition) is 0. The highest BCUT2D eigenvalue weighted by Gasteiger charge is 2.68. The fourth-order valence-electron chi connectivity index (χ4n) is 1.60. The third-order valence-electron chi connectivity index (χ3n) is 3.59. The van der Waals surface area contributed by atoms with E-state index >= 15 is 0 Å². The summed E-state index contributed by atoms with van der Waals surface area (Å²) in [6.07, 6.45) is -15.3. The highest BCUT2D eigenvalue weighted by molar-refractivity contribution is 4.85. The molecule has 34 heavy (non-hydrogen) atoms. The Morgan fingerprint density at radius 2 is 0.912 bits per heavy atom. The molecule has 0 bridgehead atoms. The van der Waals surface area contributed by atoms with Crippen LogP contribution in [0.5, 0.6) is 0 Å². The van der Waals surface area contributed by atoms with E-state index in [0.717, 1.165) is 45.7 Å². The second kappa shape index (κ2) is 13.9. The molecule has 4 nitrogen and oxygen atoms in total. The maximum Gasteiger partial charge on any atom is 0.450 e. The van der Waals surface area contributed by atoms with E-state index < -0.39 is 56.5 Å². The standard InChI is InChI=1S/C9H8F12O2.C9H20O2/c1-4(10,7(13,14)15)22-3-6(12,9(19,20)21)23-5(2,11)8(16,17)18;1-3-6-10-8-5-9-11-7-4-2/h3H2,1-2H3;3-9H2,1-2H3. The molecule has 3 unspecified atom stereocenters. The van der Waals surface area contributed by atoms with Crippen molar-refractivity contribution in [2.45, 2.75) is 83.1 Å². The molecule has 0 spiro atoms. The van der Waals surface area contributed by atoms with Gasteiger partial charge in [-0.3, -0.25) is 4.74 Å². The summed E-state index contributed by atoms with van der Waals surface area (Å²) in [5.74, 6) is -15.8. The van der Waals surface area contributed by atoms with Gasteiger partial charge < -0.3 is 14.2 Å². The van der Waals surface area contributed by atoms with Crippen molar-refractivity contribution in [2.75, 3.05) is 33.0 Å². The lowest BCUT2D eigenvalue weighted by Gasteiger charge is -2.35. The molecule has 16 heteroatoms. The molecule has 0 heterocycles. The number of alkyl halides is 12. The van der Waals surface area contributed by atoms with Crippen LogP contribution in [0.3, 0.4) is 0 Å². The van der Waals surface area contributed by atoms with Crippen molar-refractivity contribution in [3.05, 3.63) is 0 Å². The third-order valence-corrected chi connectivity index (χ3v) is 3.59. The second-order valence-corrected chi connectivity index (χ2v) is 7.02. The Morgan fingerprint density at radius 3 is 1.21 bits per heavy atom. The van der Waals surface area contributed by atoms with Crippen LogP contribution in [-0.4, -0.2) is 69.1 Å². The predicted molar refractivity (Wildman–Crippen MR) is 94.9 cm³/mol. The summed E-state index contributed by atoms with van der Waals surface area (Å²) in [6, 6.07) is 0. The van der Waals surface area contributed by atoms with Gasteiger partial charge in [-0.05, 0) is 19.3 Å². The zero-order valence-electron chi connectivity index (χ0n) is 18.8. The summed E-state index contributed by atoms with van der Waals surface area (Å²) in [7, 11) is 0. The van der Waals surface area contributed by atoms with Crippen molar-refractivity contribution in [3.8, 4) is 0 Å². The minimum atomic E-state index is -6.47.